The summed E-state index contributed by atoms with van der Waals surface area (Å²) < 4.78 is 5.22. The molecule has 1 heterocycles. The molecule has 0 spiro atoms. The number of para-hydroxylation sites is 1. The molecule has 33 heavy (non-hydrogen) atoms. The number of hydrogen-bond donors (Lipinski definition) is 2. The number of benzene rings is 2. The lowest BCUT2D eigenvalue weighted by Crippen LogP contribution is -2.46. The predicted octanol–water partition coefficient (Wildman–Crippen LogP) is 3.54. The third kappa shape index (κ3) is 7.79. The summed E-state index contributed by atoms with van der Waals surface area (Å²) in [7, 11) is 0. The summed E-state index contributed by atoms with van der Waals surface area (Å²) >= 11 is 0. The highest BCUT2D eigenvalue weighted by atomic mass is 16.6. The van der Waals surface area contributed by atoms with Crippen LogP contribution in [0.4, 0.5) is 10.5 Å². The van der Waals surface area contributed by atoms with E-state index in [-0.39, 0.29) is 5.91 Å². The fourth-order valence-corrected chi connectivity index (χ4v) is 3.81. The van der Waals surface area contributed by atoms with E-state index in [0.29, 0.717) is 6.54 Å². The van der Waals surface area contributed by atoms with Gasteiger partial charge in [0.1, 0.15) is 11.6 Å². The molecule has 3 rings (SSSR count). The van der Waals surface area contributed by atoms with Crippen LogP contribution in [-0.4, -0.2) is 54.7 Å². The van der Waals surface area contributed by atoms with E-state index in [2.05, 4.69) is 50.8 Å². The van der Waals surface area contributed by atoms with Gasteiger partial charge >= 0.3 is 6.09 Å². The van der Waals surface area contributed by atoms with Crippen molar-refractivity contribution in [2.45, 2.75) is 52.4 Å². The summed E-state index contributed by atoms with van der Waals surface area (Å²) in [6, 6.07) is 18.0. The molecule has 1 unspecified atom stereocenters. The summed E-state index contributed by atoms with van der Waals surface area (Å²) in [5.41, 5.74) is 2.96. The highest BCUT2D eigenvalue weighted by Gasteiger charge is 2.22. The fraction of sp³-hybridized carbons (Fsp3) is 0.462. The van der Waals surface area contributed by atoms with Crippen LogP contribution in [0.2, 0.25) is 0 Å². The van der Waals surface area contributed by atoms with Gasteiger partial charge in [0.05, 0.1) is 0 Å². The molecule has 1 atom stereocenters. The first-order valence-electron chi connectivity index (χ1n) is 11.6. The third-order valence-corrected chi connectivity index (χ3v) is 5.59. The highest BCUT2D eigenvalue weighted by molar-refractivity contribution is 5.85. The van der Waals surface area contributed by atoms with E-state index in [1.165, 1.54) is 11.3 Å². The number of ether oxygens (including phenoxy) is 1. The zero-order valence-corrected chi connectivity index (χ0v) is 20.1. The maximum Gasteiger partial charge on any atom is 0.408 e. The van der Waals surface area contributed by atoms with Gasteiger partial charge in [-0.1, -0.05) is 42.5 Å². The van der Waals surface area contributed by atoms with Crippen molar-refractivity contribution in [1.82, 2.24) is 15.5 Å². The van der Waals surface area contributed by atoms with Gasteiger partial charge in [0, 0.05) is 45.0 Å². The molecule has 7 heteroatoms. The number of hydrogen-bond acceptors (Lipinski definition) is 5. The number of rotatable bonds is 7. The molecule has 1 aliphatic heterocycles. The standard InChI is InChI=1S/C26H36N4O3/c1-20(28-25(32)33-26(2,3)4)24(31)27-18-21-10-8-9-11-22(21)19-29-14-16-30(17-15-29)23-12-6-5-7-13-23/h5-13,20H,14-19H2,1-4H3,(H,27,31)(H,28,32). The van der Waals surface area contributed by atoms with Crippen molar-refractivity contribution in [3.05, 3.63) is 65.7 Å². The van der Waals surface area contributed by atoms with Gasteiger partial charge in [-0.25, -0.2) is 4.79 Å². The van der Waals surface area contributed by atoms with Gasteiger partial charge in [0.15, 0.2) is 0 Å². The van der Waals surface area contributed by atoms with Crippen molar-refractivity contribution in [1.29, 1.82) is 0 Å². The predicted molar refractivity (Wildman–Crippen MR) is 131 cm³/mol. The molecule has 2 N–H and O–H groups in total. The van der Waals surface area contributed by atoms with Gasteiger partial charge in [-0.15, -0.1) is 0 Å². The number of piperazine rings is 1. The second kappa shape index (κ2) is 11.2. The summed E-state index contributed by atoms with van der Waals surface area (Å²) in [4.78, 5) is 29.3. The van der Waals surface area contributed by atoms with Crippen LogP contribution in [0.25, 0.3) is 0 Å². The number of anilines is 1. The van der Waals surface area contributed by atoms with E-state index in [1.807, 2.05) is 24.3 Å². The summed E-state index contributed by atoms with van der Waals surface area (Å²) in [6.45, 7) is 12.3. The molecular weight excluding hydrogens is 416 g/mol. The second-order valence-corrected chi connectivity index (χ2v) is 9.45. The molecule has 178 valence electrons. The first-order chi connectivity index (χ1) is 15.7. The minimum Gasteiger partial charge on any atom is -0.444 e. The Kier molecular flexibility index (Phi) is 8.33. The molecule has 1 aliphatic rings. The van der Waals surface area contributed by atoms with Gasteiger partial charge in [0.2, 0.25) is 5.91 Å². The smallest absolute Gasteiger partial charge is 0.408 e. The molecule has 0 radical (unpaired) electrons. The van der Waals surface area contributed by atoms with Crippen molar-refractivity contribution in [2.75, 3.05) is 31.1 Å². The lowest BCUT2D eigenvalue weighted by Gasteiger charge is -2.36. The van der Waals surface area contributed by atoms with Gasteiger partial charge in [-0.05, 0) is 51.0 Å². The van der Waals surface area contributed by atoms with E-state index in [0.717, 1.165) is 38.3 Å². The topological polar surface area (TPSA) is 73.9 Å². The fourth-order valence-electron chi connectivity index (χ4n) is 3.81. The average molecular weight is 453 g/mol. The minimum atomic E-state index is -0.682. The van der Waals surface area contributed by atoms with E-state index in [9.17, 15) is 9.59 Å². The average Bonchev–Trinajstić information content (AvgIpc) is 2.78. The Hall–Kier alpha value is -3.06. The van der Waals surface area contributed by atoms with Crippen molar-refractivity contribution >= 4 is 17.7 Å². The Morgan fingerprint density at radius 1 is 0.939 bits per heavy atom. The van der Waals surface area contributed by atoms with Crippen molar-refractivity contribution < 1.29 is 14.3 Å². The van der Waals surface area contributed by atoms with E-state index >= 15 is 0 Å². The summed E-state index contributed by atoms with van der Waals surface area (Å²) in [5.74, 6) is -0.243. The van der Waals surface area contributed by atoms with Crippen molar-refractivity contribution in [2.24, 2.45) is 0 Å². The maximum absolute atomic E-state index is 12.5. The largest absolute Gasteiger partial charge is 0.444 e. The molecule has 1 saturated heterocycles. The van der Waals surface area contributed by atoms with Gasteiger partial charge in [-0.3, -0.25) is 9.69 Å². The van der Waals surface area contributed by atoms with E-state index in [4.69, 9.17) is 4.74 Å². The van der Waals surface area contributed by atoms with Crippen LogP contribution in [0.5, 0.6) is 0 Å². The van der Waals surface area contributed by atoms with E-state index in [1.54, 1.807) is 27.7 Å². The quantitative estimate of drug-likeness (QED) is 0.672. The Bertz CT molecular complexity index is 919. The molecule has 2 aromatic carbocycles. The number of amides is 2. The van der Waals surface area contributed by atoms with Crippen LogP contribution < -0.4 is 15.5 Å². The molecule has 2 amide bonds. The second-order valence-electron chi connectivity index (χ2n) is 9.45. The molecular formula is C26H36N4O3. The maximum atomic E-state index is 12.5. The van der Waals surface area contributed by atoms with Crippen LogP contribution >= 0.6 is 0 Å². The lowest BCUT2D eigenvalue weighted by molar-refractivity contribution is -0.122. The zero-order valence-electron chi connectivity index (χ0n) is 20.1. The first kappa shape index (κ1) is 24.6. The van der Waals surface area contributed by atoms with Crippen molar-refractivity contribution in [3.63, 3.8) is 0 Å². The van der Waals surface area contributed by atoms with Gasteiger partial charge < -0.3 is 20.3 Å². The molecule has 0 aromatic heterocycles. The number of carbonyl (C=O) groups is 2. The molecule has 0 saturated carbocycles. The summed E-state index contributed by atoms with van der Waals surface area (Å²) in [5, 5.41) is 5.52. The third-order valence-electron chi connectivity index (χ3n) is 5.59. The number of carbonyl (C=O) groups excluding carboxylic acids is 2. The monoisotopic (exact) mass is 452 g/mol. The Labute approximate surface area is 197 Å². The molecule has 0 aliphatic carbocycles. The van der Waals surface area contributed by atoms with Crippen LogP contribution in [0.1, 0.15) is 38.8 Å². The summed E-state index contributed by atoms with van der Waals surface area (Å²) in [6.07, 6.45) is -0.597. The highest BCUT2D eigenvalue weighted by Crippen LogP contribution is 2.18. The van der Waals surface area contributed by atoms with Gasteiger partial charge in [0.25, 0.3) is 0 Å². The van der Waals surface area contributed by atoms with Crippen molar-refractivity contribution in [3.8, 4) is 0 Å². The van der Waals surface area contributed by atoms with Crippen LogP contribution in [-0.2, 0) is 22.6 Å². The lowest BCUT2D eigenvalue weighted by atomic mass is 10.1. The Balaban J connectivity index is 1.49. The van der Waals surface area contributed by atoms with Crippen LogP contribution in [0.3, 0.4) is 0 Å². The van der Waals surface area contributed by atoms with Crippen LogP contribution in [0, 0.1) is 0 Å². The van der Waals surface area contributed by atoms with Crippen LogP contribution in [0.15, 0.2) is 54.6 Å². The van der Waals surface area contributed by atoms with Gasteiger partial charge in [-0.2, -0.15) is 0 Å². The number of nitrogens with zero attached hydrogens (tertiary/aromatic N) is 2. The molecule has 1 fully saturated rings. The molecule has 0 bridgehead atoms. The molecule has 7 nitrogen and oxygen atoms in total. The first-order valence-corrected chi connectivity index (χ1v) is 11.6. The number of nitrogens with one attached hydrogen (secondary N) is 2. The Morgan fingerprint density at radius 2 is 1.55 bits per heavy atom. The van der Waals surface area contributed by atoms with E-state index < -0.39 is 17.7 Å². The Morgan fingerprint density at radius 3 is 2.18 bits per heavy atom. The SMILES string of the molecule is CC(NC(=O)OC(C)(C)C)C(=O)NCc1ccccc1CN1CCN(c2ccccc2)CC1. The minimum absolute atomic E-state index is 0.243. The zero-order chi connectivity index (χ0) is 23.8. The molecule has 2 aromatic rings. The normalized spacial score (nSPS) is 15.6. The number of alkyl carbamates (subject to hydrolysis) is 1.